The van der Waals surface area contributed by atoms with Crippen LogP contribution in [-0.4, -0.2) is 42.5 Å². The van der Waals surface area contributed by atoms with Crippen LogP contribution in [0.2, 0.25) is 0 Å². The number of ether oxygens (including phenoxy) is 1. The molecule has 140 valence electrons. The number of benzene rings is 1. The Bertz CT molecular complexity index is 1120. The van der Waals surface area contributed by atoms with Crippen LogP contribution in [0.3, 0.4) is 0 Å². The van der Waals surface area contributed by atoms with Crippen molar-refractivity contribution in [2.75, 3.05) is 5.32 Å². The van der Waals surface area contributed by atoms with E-state index >= 15 is 0 Å². The highest BCUT2D eigenvalue weighted by Gasteiger charge is 2.20. The maximum atomic E-state index is 12.4. The molecule has 1 amide bonds. The van der Waals surface area contributed by atoms with E-state index in [0.29, 0.717) is 16.7 Å². The van der Waals surface area contributed by atoms with Gasteiger partial charge in [0.05, 0.1) is 11.9 Å². The SMILES string of the molecule is CC(OC(=O)c1ccc(-n2cccc2)cc1)C(=O)Nc1ncnc2nc[nH]c12. The van der Waals surface area contributed by atoms with Crippen LogP contribution >= 0.6 is 0 Å². The minimum atomic E-state index is -1.01. The molecule has 1 unspecified atom stereocenters. The summed E-state index contributed by atoms with van der Waals surface area (Å²) in [7, 11) is 0. The Labute approximate surface area is 159 Å². The van der Waals surface area contributed by atoms with E-state index in [-0.39, 0.29) is 5.82 Å². The Hall–Kier alpha value is -4.01. The van der Waals surface area contributed by atoms with Gasteiger partial charge < -0.3 is 19.6 Å². The fourth-order valence-electron chi connectivity index (χ4n) is 2.64. The second-order valence-corrected chi connectivity index (χ2v) is 6.00. The number of nitrogens with one attached hydrogen (secondary N) is 2. The normalized spacial score (nSPS) is 11.9. The molecule has 0 spiro atoms. The number of aromatic nitrogens is 5. The number of anilines is 1. The molecule has 1 atom stereocenters. The number of esters is 1. The van der Waals surface area contributed by atoms with Crippen molar-refractivity contribution in [1.29, 1.82) is 0 Å². The molecule has 4 aromatic rings. The third-order valence-electron chi connectivity index (χ3n) is 4.12. The minimum absolute atomic E-state index is 0.270. The van der Waals surface area contributed by atoms with Crippen LogP contribution in [0.15, 0.2) is 61.4 Å². The summed E-state index contributed by atoms with van der Waals surface area (Å²) < 4.78 is 7.19. The Balaban J connectivity index is 1.41. The smallest absolute Gasteiger partial charge is 0.338 e. The first-order valence-electron chi connectivity index (χ1n) is 8.51. The molecule has 9 heteroatoms. The standard InChI is InChI=1S/C19H16N6O3/c1-12(18(26)24-17-15-16(21-10-20-15)22-11-23-17)28-19(27)13-4-6-14(7-5-13)25-8-2-3-9-25/h2-12H,1H3,(H2,20,21,22,23,24,26). The van der Waals surface area contributed by atoms with Crippen LogP contribution in [0.4, 0.5) is 5.82 Å². The van der Waals surface area contributed by atoms with Crippen LogP contribution in [0.25, 0.3) is 16.9 Å². The number of imidazole rings is 1. The molecule has 1 aromatic carbocycles. The summed E-state index contributed by atoms with van der Waals surface area (Å²) in [5, 5.41) is 2.61. The fourth-order valence-corrected chi connectivity index (χ4v) is 2.64. The van der Waals surface area contributed by atoms with Crippen molar-refractivity contribution in [3.63, 3.8) is 0 Å². The van der Waals surface area contributed by atoms with E-state index < -0.39 is 18.0 Å². The first-order valence-corrected chi connectivity index (χ1v) is 8.51. The van der Waals surface area contributed by atoms with E-state index in [0.717, 1.165) is 5.69 Å². The summed E-state index contributed by atoms with van der Waals surface area (Å²) >= 11 is 0. The zero-order valence-corrected chi connectivity index (χ0v) is 14.9. The first kappa shape index (κ1) is 17.4. The summed E-state index contributed by atoms with van der Waals surface area (Å²) in [5.74, 6) is -0.825. The minimum Gasteiger partial charge on any atom is -0.449 e. The largest absolute Gasteiger partial charge is 0.449 e. The summed E-state index contributed by atoms with van der Waals surface area (Å²) in [6.07, 6.45) is 5.55. The van der Waals surface area contributed by atoms with Gasteiger partial charge in [0.2, 0.25) is 0 Å². The summed E-state index contributed by atoms with van der Waals surface area (Å²) in [5.41, 5.74) is 2.20. The van der Waals surface area contributed by atoms with Crippen molar-refractivity contribution in [1.82, 2.24) is 24.5 Å². The molecule has 0 radical (unpaired) electrons. The lowest BCUT2D eigenvalue weighted by molar-refractivity contribution is -0.123. The Morgan fingerprint density at radius 3 is 2.61 bits per heavy atom. The molecule has 0 aliphatic heterocycles. The van der Waals surface area contributed by atoms with Gasteiger partial charge in [0.1, 0.15) is 11.8 Å². The van der Waals surface area contributed by atoms with Gasteiger partial charge in [0, 0.05) is 18.1 Å². The maximum absolute atomic E-state index is 12.4. The molecule has 9 nitrogen and oxygen atoms in total. The van der Waals surface area contributed by atoms with Crippen LogP contribution in [0.5, 0.6) is 0 Å². The number of rotatable bonds is 5. The average molecular weight is 376 g/mol. The highest BCUT2D eigenvalue weighted by Crippen LogP contribution is 2.16. The lowest BCUT2D eigenvalue weighted by Gasteiger charge is -2.13. The predicted molar refractivity (Wildman–Crippen MR) is 101 cm³/mol. The second kappa shape index (κ2) is 7.31. The molecule has 3 aromatic heterocycles. The molecular weight excluding hydrogens is 360 g/mol. The molecule has 0 aliphatic rings. The van der Waals surface area contributed by atoms with E-state index in [1.54, 1.807) is 24.3 Å². The third-order valence-corrected chi connectivity index (χ3v) is 4.12. The van der Waals surface area contributed by atoms with Gasteiger partial charge in [-0.15, -0.1) is 0 Å². The van der Waals surface area contributed by atoms with E-state index in [4.69, 9.17) is 4.74 Å². The van der Waals surface area contributed by atoms with Crippen LogP contribution < -0.4 is 5.32 Å². The van der Waals surface area contributed by atoms with Crippen molar-refractivity contribution in [3.05, 3.63) is 67.0 Å². The van der Waals surface area contributed by atoms with Gasteiger partial charge >= 0.3 is 5.97 Å². The van der Waals surface area contributed by atoms with Crippen LogP contribution in [-0.2, 0) is 9.53 Å². The molecule has 0 bridgehead atoms. The van der Waals surface area contributed by atoms with Gasteiger partial charge in [-0.3, -0.25) is 4.79 Å². The Kier molecular flexibility index (Phi) is 4.55. The number of carbonyl (C=O) groups excluding carboxylic acids is 2. The summed E-state index contributed by atoms with van der Waals surface area (Å²) in [6.45, 7) is 1.49. The monoisotopic (exact) mass is 376 g/mol. The van der Waals surface area contributed by atoms with Gasteiger partial charge in [-0.2, -0.15) is 0 Å². The summed E-state index contributed by atoms with van der Waals surface area (Å²) in [6, 6.07) is 10.7. The topological polar surface area (TPSA) is 115 Å². The van der Waals surface area contributed by atoms with Gasteiger partial charge in [-0.1, -0.05) is 0 Å². The van der Waals surface area contributed by atoms with Crippen molar-refractivity contribution < 1.29 is 14.3 Å². The highest BCUT2D eigenvalue weighted by atomic mass is 16.5. The molecular formula is C19H16N6O3. The number of hydrogen-bond acceptors (Lipinski definition) is 6. The number of H-pyrrole nitrogens is 1. The van der Waals surface area contributed by atoms with E-state index in [1.807, 2.05) is 29.1 Å². The van der Waals surface area contributed by atoms with Crippen molar-refractivity contribution in [3.8, 4) is 5.69 Å². The Morgan fingerprint density at radius 1 is 1.11 bits per heavy atom. The highest BCUT2D eigenvalue weighted by molar-refractivity contribution is 6.00. The van der Waals surface area contributed by atoms with Gasteiger partial charge in [0.25, 0.3) is 5.91 Å². The van der Waals surface area contributed by atoms with Crippen LogP contribution in [0.1, 0.15) is 17.3 Å². The van der Waals surface area contributed by atoms with E-state index in [9.17, 15) is 9.59 Å². The molecule has 0 fully saturated rings. The van der Waals surface area contributed by atoms with E-state index in [2.05, 4.69) is 25.3 Å². The lowest BCUT2D eigenvalue weighted by atomic mass is 10.2. The number of nitrogens with zero attached hydrogens (tertiary/aromatic N) is 4. The molecule has 0 saturated carbocycles. The molecule has 0 aliphatic carbocycles. The van der Waals surface area contributed by atoms with Gasteiger partial charge in [-0.05, 0) is 43.3 Å². The van der Waals surface area contributed by atoms with Gasteiger partial charge in [0.15, 0.2) is 17.6 Å². The van der Waals surface area contributed by atoms with Gasteiger partial charge in [-0.25, -0.2) is 19.7 Å². The maximum Gasteiger partial charge on any atom is 0.338 e. The molecule has 4 rings (SSSR count). The lowest BCUT2D eigenvalue weighted by Crippen LogP contribution is -2.30. The molecule has 0 saturated heterocycles. The number of fused-ring (bicyclic) bond motifs is 1. The Morgan fingerprint density at radius 2 is 1.86 bits per heavy atom. The second-order valence-electron chi connectivity index (χ2n) is 6.00. The van der Waals surface area contributed by atoms with Crippen molar-refractivity contribution in [2.24, 2.45) is 0 Å². The zero-order valence-electron chi connectivity index (χ0n) is 14.9. The number of hydrogen-bond donors (Lipinski definition) is 2. The summed E-state index contributed by atoms with van der Waals surface area (Å²) in [4.78, 5) is 39.5. The fraction of sp³-hybridized carbons (Fsp3) is 0.105. The van der Waals surface area contributed by atoms with E-state index in [1.165, 1.54) is 19.6 Å². The predicted octanol–water partition coefficient (Wildman–Crippen LogP) is 2.33. The molecule has 3 heterocycles. The number of carbonyl (C=O) groups is 2. The van der Waals surface area contributed by atoms with Crippen molar-refractivity contribution in [2.45, 2.75) is 13.0 Å². The number of amides is 1. The van der Waals surface area contributed by atoms with Crippen LogP contribution in [0, 0.1) is 0 Å². The zero-order chi connectivity index (χ0) is 19.5. The number of aromatic amines is 1. The van der Waals surface area contributed by atoms with Crippen molar-refractivity contribution >= 4 is 28.9 Å². The molecule has 28 heavy (non-hydrogen) atoms. The molecule has 2 N–H and O–H groups in total. The quantitative estimate of drug-likeness (QED) is 0.517. The average Bonchev–Trinajstić information content (AvgIpc) is 3.40. The third kappa shape index (κ3) is 3.45. The first-order chi connectivity index (χ1) is 13.6.